The minimum atomic E-state index is 0.308. The van der Waals surface area contributed by atoms with Crippen molar-refractivity contribution in [3.05, 3.63) is 46.6 Å². The van der Waals surface area contributed by atoms with Crippen LogP contribution in [0.25, 0.3) is 0 Å². The van der Waals surface area contributed by atoms with Gasteiger partial charge in [0.1, 0.15) is 16.6 Å². The molecule has 5 heteroatoms. The zero-order chi connectivity index (χ0) is 14.7. The average Bonchev–Trinajstić information content (AvgIpc) is 2.89. The molecule has 1 aliphatic rings. The molecule has 1 aromatic heterocycles. The van der Waals surface area contributed by atoms with Crippen LogP contribution >= 0.6 is 23.1 Å². The number of benzene rings is 1. The Bertz CT molecular complexity index is 639. The highest BCUT2D eigenvalue weighted by Gasteiger charge is 2.23. The van der Waals surface area contributed by atoms with Crippen LogP contribution in [-0.4, -0.2) is 10.4 Å². The van der Waals surface area contributed by atoms with E-state index in [2.05, 4.69) is 46.1 Å². The third-order valence-corrected chi connectivity index (χ3v) is 5.25. The van der Waals surface area contributed by atoms with Gasteiger partial charge in [0, 0.05) is 6.04 Å². The molecule has 0 bridgehead atoms. The van der Waals surface area contributed by atoms with Crippen molar-refractivity contribution in [3.8, 4) is 6.07 Å². The van der Waals surface area contributed by atoms with Gasteiger partial charge in [0.2, 0.25) is 0 Å². The Hall–Kier alpha value is -1.57. The number of nitrogens with one attached hydrogen (secondary N) is 1. The summed E-state index contributed by atoms with van der Waals surface area (Å²) in [5.74, 6) is 0.657. The van der Waals surface area contributed by atoms with E-state index in [0.717, 1.165) is 17.8 Å². The lowest BCUT2D eigenvalue weighted by Gasteiger charge is -2.29. The van der Waals surface area contributed by atoms with Crippen molar-refractivity contribution in [1.29, 1.82) is 5.26 Å². The van der Waals surface area contributed by atoms with Gasteiger partial charge in [-0.2, -0.15) is 9.64 Å². The lowest BCUT2D eigenvalue weighted by atomic mass is 9.82. The third-order valence-electron chi connectivity index (χ3n) is 4.10. The summed E-state index contributed by atoms with van der Waals surface area (Å²) in [6.45, 7) is 0. The molecule has 1 fully saturated rings. The fraction of sp³-hybridized carbons (Fsp3) is 0.375. The van der Waals surface area contributed by atoms with Crippen LogP contribution in [0.5, 0.6) is 0 Å². The lowest BCUT2D eigenvalue weighted by Crippen LogP contribution is -2.25. The van der Waals surface area contributed by atoms with Crippen LogP contribution in [0, 0.1) is 11.3 Å². The first kappa shape index (κ1) is 14.4. The van der Waals surface area contributed by atoms with E-state index < -0.39 is 0 Å². The largest absolute Gasteiger partial charge is 0.372 e. The lowest BCUT2D eigenvalue weighted by molar-refractivity contribution is 0.412. The van der Waals surface area contributed by atoms with E-state index in [-0.39, 0.29) is 0 Å². The first-order chi connectivity index (χ1) is 10.3. The molecule has 0 spiro atoms. The van der Waals surface area contributed by atoms with Crippen molar-refractivity contribution in [3.63, 3.8) is 0 Å². The molecule has 108 valence electrons. The fourth-order valence-corrected chi connectivity index (χ4v) is 3.96. The van der Waals surface area contributed by atoms with Crippen molar-refractivity contribution in [2.75, 3.05) is 5.32 Å². The van der Waals surface area contributed by atoms with Crippen molar-refractivity contribution >= 4 is 28.1 Å². The van der Waals surface area contributed by atoms with Gasteiger partial charge in [0.25, 0.3) is 0 Å². The Balaban J connectivity index is 1.60. The van der Waals surface area contributed by atoms with Gasteiger partial charge >= 0.3 is 0 Å². The third kappa shape index (κ3) is 3.20. The average molecular weight is 318 g/mol. The van der Waals surface area contributed by atoms with E-state index in [9.17, 15) is 0 Å². The van der Waals surface area contributed by atoms with Gasteiger partial charge < -0.3 is 5.32 Å². The standard InChI is InChI=1S/C16H16ClN3S/c17-15-14(10-18)16(21-20-15)19-13-8-6-12(7-9-13)11-4-2-1-3-5-11/h1-5,12-13,19H,6-9H2. The second kappa shape index (κ2) is 6.46. The molecule has 0 unspecified atom stereocenters. The minimum Gasteiger partial charge on any atom is -0.372 e. The molecule has 1 saturated carbocycles. The summed E-state index contributed by atoms with van der Waals surface area (Å²) in [6, 6.07) is 13.2. The zero-order valence-corrected chi connectivity index (χ0v) is 13.1. The number of aromatic nitrogens is 1. The van der Waals surface area contributed by atoms with Gasteiger partial charge in [-0.1, -0.05) is 41.9 Å². The number of hydrogen-bond acceptors (Lipinski definition) is 4. The molecule has 0 aliphatic heterocycles. The summed E-state index contributed by atoms with van der Waals surface area (Å²) in [7, 11) is 0. The summed E-state index contributed by atoms with van der Waals surface area (Å²) in [5, 5.41) is 13.7. The van der Waals surface area contributed by atoms with Crippen molar-refractivity contribution in [2.24, 2.45) is 0 Å². The summed E-state index contributed by atoms with van der Waals surface area (Å²) in [5.41, 5.74) is 1.92. The van der Waals surface area contributed by atoms with Gasteiger partial charge in [-0.05, 0) is 48.7 Å². The zero-order valence-electron chi connectivity index (χ0n) is 11.6. The first-order valence-corrected chi connectivity index (χ1v) is 8.30. The minimum absolute atomic E-state index is 0.308. The quantitative estimate of drug-likeness (QED) is 0.884. The molecule has 1 N–H and O–H groups in total. The first-order valence-electron chi connectivity index (χ1n) is 7.14. The maximum atomic E-state index is 9.10. The van der Waals surface area contributed by atoms with Crippen LogP contribution in [-0.2, 0) is 0 Å². The van der Waals surface area contributed by atoms with E-state index in [4.69, 9.17) is 16.9 Å². The van der Waals surface area contributed by atoms with Crippen LogP contribution in [0.4, 0.5) is 5.00 Å². The van der Waals surface area contributed by atoms with Crippen LogP contribution in [0.2, 0.25) is 5.15 Å². The number of hydrogen-bond donors (Lipinski definition) is 1. The van der Waals surface area contributed by atoms with Crippen LogP contribution in [0.3, 0.4) is 0 Å². The van der Waals surface area contributed by atoms with Gasteiger partial charge in [0.05, 0.1) is 0 Å². The molecule has 0 saturated heterocycles. The maximum absolute atomic E-state index is 9.10. The van der Waals surface area contributed by atoms with E-state index in [1.807, 2.05) is 0 Å². The molecule has 0 atom stereocenters. The molecule has 1 aromatic carbocycles. The predicted octanol–water partition coefficient (Wildman–Crippen LogP) is 4.81. The molecular weight excluding hydrogens is 302 g/mol. The fourth-order valence-electron chi connectivity index (χ4n) is 2.95. The summed E-state index contributed by atoms with van der Waals surface area (Å²) >= 11 is 7.18. The van der Waals surface area contributed by atoms with Gasteiger partial charge in [-0.25, -0.2) is 0 Å². The molecule has 3 nitrogen and oxygen atoms in total. The molecule has 1 heterocycles. The number of nitriles is 1. The number of rotatable bonds is 3. The number of halogens is 1. The molecule has 0 radical (unpaired) electrons. The molecule has 21 heavy (non-hydrogen) atoms. The molecular formula is C16H16ClN3S. The smallest absolute Gasteiger partial charge is 0.162 e. The topological polar surface area (TPSA) is 48.7 Å². The van der Waals surface area contributed by atoms with Crippen molar-refractivity contribution in [2.45, 2.75) is 37.6 Å². The molecule has 2 aromatic rings. The van der Waals surface area contributed by atoms with E-state index in [1.165, 1.54) is 29.9 Å². The normalized spacial score (nSPS) is 21.7. The maximum Gasteiger partial charge on any atom is 0.162 e. The molecule has 3 rings (SSSR count). The Labute approximate surface area is 133 Å². The summed E-state index contributed by atoms with van der Waals surface area (Å²) < 4.78 is 4.04. The highest BCUT2D eigenvalue weighted by molar-refractivity contribution is 7.10. The van der Waals surface area contributed by atoms with Gasteiger partial charge in [-0.3, -0.25) is 0 Å². The number of nitrogens with zero attached hydrogens (tertiary/aromatic N) is 2. The summed E-state index contributed by atoms with van der Waals surface area (Å²) in [4.78, 5) is 0. The highest BCUT2D eigenvalue weighted by atomic mass is 35.5. The van der Waals surface area contributed by atoms with Crippen LogP contribution in [0.15, 0.2) is 30.3 Å². The van der Waals surface area contributed by atoms with Crippen molar-refractivity contribution in [1.82, 2.24) is 4.37 Å². The second-order valence-corrected chi connectivity index (χ2v) is 6.52. The summed E-state index contributed by atoms with van der Waals surface area (Å²) in [6.07, 6.45) is 4.58. The molecule has 1 aliphatic carbocycles. The second-order valence-electron chi connectivity index (χ2n) is 5.39. The van der Waals surface area contributed by atoms with E-state index in [0.29, 0.717) is 22.7 Å². The number of anilines is 1. The Morgan fingerprint density at radius 3 is 2.57 bits per heavy atom. The van der Waals surface area contributed by atoms with Crippen molar-refractivity contribution < 1.29 is 0 Å². The van der Waals surface area contributed by atoms with Gasteiger partial charge in [-0.15, -0.1) is 0 Å². The van der Waals surface area contributed by atoms with Crippen LogP contribution in [0.1, 0.15) is 42.7 Å². The van der Waals surface area contributed by atoms with Crippen LogP contribution < -0.4 is 5.32 Å². The van der Waals surface area contributed by atoms with E-state index >= 15 is 0 Å². The Kier molecular flexibility index (Phi) is 4.42. The molecule has 0 amide bonds. The van der Waals surface area contributed by atoms with Gasteiger partial charge in [0.15, 0.2) is 5.15 Å². The SMILES string of the molecule is N#Cc1c(Cl)nsc1NC1CCC(c2ccccc2)CC1. The highest BCUT2D eigenvalue weighted by Crippen LogP contribution is 2.35. The Morgan fingerprint density at radius 2 is 1.90 bits per heavy atom. The van der Waals surface area contributed by atoms with E-state index in [1.54, 1.807) is 0 Å². The predicted molar refractivity (Wildman–Crippen MR) is 86.9 cm³/mol. The monoisotopic (exact) mass is 317 g/mol. The Morgan fingerprint density at radius 1 is 1.19 bits per heavy atom.